The first-order valence-corrected chi connectivity index (χ1v) is 11.7. The smallest absolute Gasteiger partial charge is 0.336 e. The van der Waals surface area contributed by atoms with Gasteiger partial charge in [-0.15, -0.1) is 0 Å². The van der Waals surface area contributed by atoms with Gasteiger partial charge in [0.05, 0.1) is 5.02 Å². The summed E-state index contributed by atoms with van der Waals surface area (Å²) in [5.74, 6) is -2.06. The number of nitrogens with zero attached hydrogens (tertiary/aromatic N) is 1. The largest absolute Gasteiger partial charge is 0.423 e. The second-order valence-corrected chi connectivity index (χ2v) is 8.92. The summed E-state index contributed by atoms with van der Waals surface area (Å²) in [6.45, 7) is 2.57. The fraction of sp³-hybridized carbons (Fsp3) is 0.308. The second-order valence-electron chi connectivity index (χ2n) is 8.52. The van der Waals surface area contributed by atoms with Gasteiger partial charge >= 0.3 is 5.63 Å². The number of piperidine rings is 1. The fourth-order valence-corrected chi connectivity index (χ4v) is 4.67. The van der Waals surface area contributed by atoms with Crippen molar-refractivity contribution in [2.75, 3.05) is 13.1 Å². The Balaban J connectivity index is 1.66. The van der Waals surface area contributed by atoms with E-state index < -0.39 is 17.4 Å². The molecule has 35 heavy (non-hydrogen) atoms. The van der Waals surface area contributed by atoms with Crippen LogP contribution >= 0.6 is 11.6 Å². The molecule has 1 N–H and O–H groups in total. The number of rotatable bonds is 6. The van der Waals surface area contributed by atoms with Crippen molar-refractivity contribution in [3.05, 3.63) is 69.3 Å². The van der Waals surface area contributed by atoms with Crippen molar-refractivity contribution in [3.63, 3.8) is 0 Å². The van der Waals surface area contributed by atoms with Gasteiger partial charge < -0.3 is 19.4 Å². The predicted octanol–water partition coefficient (Wildman–Crippen LogP) is 4.05. The van der Waals surface area contributed by atoms with E-state index in [9.17, 15) is 23.6 Å². The molecular weight excluding hydrogens is 475 g/mol. The molecule has 1 saturated heterocycles. The standard InChI is InChI=1S/C26H24ClFN2O5/c1-2-24(32)29-17-4-3-9-30(13-17)26(34)21(14-31)15-5-7-19-20(12-25(33)35-23(19)10-15)18-8-6-16(28)11-22(18)27/h5-8,10-12,14,17,21H,2-4,9,13H2,1H3,(H,29,32)/t17-,21?/m0/s1. The van der Waals surface area contributed by atoms with E-state index in [2.05, 4.69) is 5.32 Å². The quantitative estimate of drug-likeness (QED) is 0.314. The average Bonchev–Trinajstić information content (AvgIpc) is 2.84. The Morgan fingerprint density at radius 3 is 2.74 bits per heavy atom. The third kappa shape index (κ3) is 5.27. The van der Waals surface area contributed by atoms with Crippen LogP contribution in [0.4, 0.5) is 4.39 Å². The van der Waals surface area contributed by atoms with Crippen molar-refractivity contribution in [2.45, 2.75) is 38.1 Å². The number of halogens is 2. The van der Waals surface area contributed by atoms with Gasteiger partial charge in [0.15, 0.2) is 0 Å². The van der Waals surface area contributed by atoms with Crippen LogP contribution in [0, 0.1) is 5.82 Å². The Kier molecular flexibility index (Phi) is 7.31. The summed E-state index contributed by atoms with van der Waals surface area (Å²) in [4.78, 5) is 50.8. The van der Waals surface area contributed by atoms with Gasteiger partial charge in [0, 0.05) is 48.1 Å². The van der Waals surface area contributed by atoms with Crippen molar-refractivity contribution < 1.29 is 23.2 Å². The molecule has 0 aliphatic carbocycles. The summed E-state index contributed by atoms with van der Waals surface area (Å²) in [6, 6.07) is 9.74. The monoisotopic (exact) mass is 498 g/mol. The summed E-state index contributed by atoms with van der Waals surface area (Å²) in [7, 11) is 0. The number of hydrogen-bond acceptors (Lipinski definition) is 5. The maximum Gasteiger partial charge on any atom is 0.336 e. The van der Waals surface area contributed by atoms with Gasteiger partial charge in [-0.25, -0.2) is 9.18 Å². The number of amides is 2. The molecule has 2 atom stereocenters. The van der Waals surface area contributed by atoms with Crippen molar-refractivity contribution >= 4 is 40.7 Å². The molecule has 0 spiro atoms. The van der Waals surface area contributed by atoms with E-state index in [1.165, 1.54) is 24.3 Å². The van der Waals surface area contributed by atoms with E-state index in [1.807, 2.05) is 0 Å². The third-order valence-electron chi connectivity index (χ3n) is 6.17. The summed E-state index contributed by atoms with van der Waals surface area (Å²) >= 11 is 6.21. The molecule has 2 amide bonds. The average molecular weight is 499 g/mol. The van der Waals surface area contributed by atoms with Gasteiger partial charge in [0.25, 0.3) is 0 Å². The van der Waals surface area contributed by atoms with Crippen LogP contribution < -0.4 is 10.9 Å². The molecule has 0 radical (unpaired) electrons. The van der Waals surface area contributed by atoms with E-state index in [0.717, 1.165) is 12.5 Å². The minimum absolute atomic E-state index is 0.0853. The zero-order chi connectivity index (χ0) is 25.1. The second kappa shape index (κ2) is 10.4. The molecule has 1 unspecified atom stereocenters. The lowest BCUT2D eigenvalue weighted by molar-refractivity contribution is -0.137. The van der Waals surface area contributed by atoms with Gasteiger partial charge in [-0.2, -0.15) is 0 Å². The molecule has 182 valence electrons. The van der Waals surface area contributed by atoms with E-state index in [-0.39, 0.29) is 28.5 Å². The molecule has 9 heteroatoms. The highest BCUT2D eigenvalue weighted by atomic mass is 35.5. The third-order valence-corrected chi connectivity index (χ3v) is 6.48. The van der Waals surface area contributed by atoms with Crippen LogP contribution in [0.25, 0.3) is 22.1 Å². The number of benzene rings is 2. The number of nitrogens with one attached hydrogen (secondary N) is 1. The molecule has 7 nitrogen and oxygen atoms in total. The highest BCUT2D eigenvalue weighted by molar-refractivity contribution is 6.33. The SMILES string of the molecule is CCC(=O)N[C@H]1CCCN(C(=O)C(C=O)c2ccc3c(-c4ccc(F)cc4Cl)cc(=O)oc3c2)C1. The first kappa shape index (κ1) is 24.6. The number of fused-ring (bicyclic) bond motifs is 1. The number of likely N-dealkylation sites (tertiary alicyclic amines) is 1. The van der Waals surface area contributed by atoms with Gasteiger partial charge in [0.2, 0.25) is 11.8 Å². The Bertz CT molecular complexity index is 1360. The summed E-state index contributed by atoms with van der Waals surface area (Å²) in [6.07, 6.45) is 2.39. The molecule has 1 aromatic heterocycles. The molecular formula is C26H24ClFN2O5. The predicted molar refractivity (Wildman–Crippen MR) is 130 cm³/mol. The molecule has 2 heterocycles. The Morgan fingerprint density at radius 2 is 2.03 bits per heavy atom. The number of aldehydes is 1. The molecule has 3 aromatic rings. The summed E-state index contributed by atoms with van der Waals surface area (Å²) in [5, 5.41) is 3.57. The van der Waals surface area contributed by atoms with Gasteiger partial charge in [-0.1, -0.05) is 30.7 Å². The fourth-order valence-electron chi connectivity index (χ4n) is 4.40. The summed E-state index contributed by atoms with van der Waals surface area (Å²) in [5.41, 5.74) is 0.812. The molecule has 1 aliphatic rings. The van der Waals surface area contributed by atoms with Crippen LogP contribution in [-0.2, 0) is 14.4 Å². The van der Waals surface area contributed by atoms with Gasteiger partial charge in [-0.3, -0.25) is 9.59 Å². The summed E-state index contributed by atoms with van der Waals surface area (Å²) < 4.78 is 18.9. The van der Waals surface area contributed by atoms with Crippen molar-refractivity contribution in [1.82, 2.24) is 10.2 Å². The van der Waals surface area contributed by atoms with Crippen LogP contribution in [-0.4, -0.2) is 42.1 Å². The topological polar surface area (TPSA) is 96.7 Å². The normalized spacial score (nSPS) is 16.7. The van der Waals surface area contributed by atoms with E-state index >= 15 is 0 Å². The molecule has 2 aromatic carbocycles. The molecule has 1 aliphatic heterocycles. The zero-order valence-electron chi connectivity index (χ0n) is 19.1. The van der Waals surface area contributed by atoms with Crippen LogP contribution in [0.1, 0.15) is 37.7 Å². The van der Waals surface area contributed by atoms with Gasteiger partial charge in [0.1, 0.15) is 23.6 Å². The molecule has 0 saturated carbocycles. The Morgan fingerprint density at radius 1 is 1.23 bits per heavy atom. The molecule has 4 rings (SSSR count). The van der Waals surface area contributed by atoms with Crippen LogP contribution in [0.3, 0.4) is 0 Å². The van der Waals surface area contributed by atoms with Crippen LogP contribution in [0.2, 0.25) is 5.02 Å². The molecule has 0 bridgehead atoms. The Hall–Kier alpha value is -3.52. The first-order chi connectivity index (χ1) is 16.8. The van der Waals surface area contributed by atoms with Crippen molar-refractivity contribution in [2.24, 2.45) is 0 Å². The maximum absolute atomic E-state index is 13.5. The van der Waals surface area contributed by atoms with Crippen molar-refractivity contribution in [3.8, 4) is 11.1 Å². The van der Waals surface area contributed by atoms with E-state index in [1.54, 1.807) is 24.0 Å². The van der Waals surface area contributed by atoms with Gasteiger partial charge in [-0.05, 0) is 42.7 Å². The van der Waals surface area contributed by atoms with E-state index in [4.69, 9.17) is 16.0 Å². The lowest BCUT2D eigenvalue weighted by Crippen LogP contribution is -2.50. The molecule has 1 fully saturated rings. The highest BCUT2D eigenvalue weighted by Gasteiger charge is 2.30. The Labute approximate surface area is 205 Å². The number of carbonyl (C=O) groups is 3. The highest BCUT2D eigenvalue weighted by Crippen LogP contribution is 2.34. The van der Waals surface area contributed by atoms with Crippen LogP contribution in [0.5, 0.6) is 0 Å². The lowest BCUT2D eigenvalue weighted by Gasteiger charge is -2.34. The minimum Gasteiger partial charge on any atom is -0.423 e. The maximum atomic E-state index is 13.5. The zero-order valence-corrected chi connectivity index (χ0v) is 19.8. The van der Waals surface area contributed by atoms with Crippen LogP contribution in [0.15, 0.2) is 51.7 Å². The lowest BCUT2D eigenvalue weighted by atomic mass is 9.94. The minimum atomic E-state index is -1.09. The van der Waals surface area contributed by atoms with E-state index in [0.29, 0.717) is 54.3 Å². The number of hydrogen-bond donors (Lipinski definition) is 1. The first-order valence-electron chi connectivity index (χ1n) is 11.4. The van der Waals surface area contributed by atoms with Crippen molar-refractivity contribution in [1.29, 1.82) is 0 Å². The number of carbonyl (C=O) groups excluding carboxylic acids is 3.